The maximum absolute atomic E-state index is 10.3. The van der Waals surface area contributed by atoms with E-state index in [1.165, 1.54) is 5.56 Å². The molecule has 0 unspecified atom stereocenters. The smallest absolute Gasteiger partial charge is 0.250 e. The van der Waals surface area contributed by atoms with Crippen molar-refractivity contribution in [2.24, 2.45) is 11.0 Å². The molecule has 1 saturated heterocycles. The van der Waals surface area contributed by atoms with Gasteiger partial charge in [0.1, 0.15) is 5.75 Å². The van der Waals surface area contributed by atoms with Crippen LogP contribution >= 0.6 is 45.2 Å². The van der Waals surface area contributed by atoms with E-state index >= 15 is 0 Å². The average Bonchev–Trinajstić information content (AvgIpc) is 2.80. The second-order valence-electron chi connectivity index (χ2n) is 8.52. The van der Waals surface area contributed by atoms with Gasteiger partial charge in [0.2, 0.25) is 17.8 Å². The molecule has 2 aromatic carbocycles. The predicted molar refractivity (Wildman–Crippen MR) is 154 cm³/mol. The maximum atomic E-state index is 10.3. The number of aryl methyl sites for hydroxylation is 1. The Kier molecular flexibility index (Phi) is 8.06. The molecule has 0 bridgehead atoms. The molecule has 1 aliphatic heterocycles. The van der Waals surface area contributed by atoms with Crippen molar-refractivity contribution in [1.82, 2.24) is 15.0 Å². The van der Waals surface area contributed by atoms with Gasteiger partial charge in [-0.05, 0) is 107 Å². The Balaban J connectivity index is 1.62. The maximum Gasteiger partial charge on any atom is 0.250 e. The van der Waals surface area contributed by atoms with Crippen molar-refractivity contribution in [3.63, 3.8) is 0 Å². The largest absolute Gasteiger partial charge is 0.506 e. The van der Waals surface area contributed by atoms with Crippen LogP contribution in [0.2, 0.25) is 0 Å². The molecule has 0 atom stereocenters. The van der Waals surface area contributed by atoms with E-state index in [9.17, 15) is 5.11 Å². The second-order valence-corrected chi connectivity index (χ2v) is 10.9. The van der Waals surface area contributed by atoms with Crippen LogP contribution in [0.5, 0.6) is 5.75 Å². The van der Waals surface area contributed by atoms with Gasteiger partial charge in [-0.2, -0.15) is 20.1 Å². The molecule has 4 rings (SSSR count). The number of halogens is 2. The standard InChI is InChI=1S/C24H27I2N7O/c1-14-7-9-33(10-8-14)24-30-22(28-20-6-4-5-15(2)16(20)3)29-23(31-24)32-27-13-17-11-18(25)12-19(26)21(17)34/h4-6,11-14,34H,7-10H2,1-3H3,(H2,28,29,30,31,32)/b27-13-. The van der Waals surface area contributed by atoms with Crippen LogP contribution in [0.4, 0.5) is 23.5 Å². The molecule has 178 valence electrons. The molecule has 1 aromatic heterocycles. The molecule has 10 heteroatoms. The van der Waals surface area contributed by atoms with Crippen LogP contribution in [0.15, 0.2) is 35.4 Å². The van der Waals surface area contributed by atoms with Crippen molar-refractivity contribution in [3.8, 4) is 5.75 Å². The van der Waals surface area contributed by atoms with Gasteiger partial charge in [-0.3, -0.25) is 0 Å². The van der Waals surface area contributed by atoms with Crippen molar-refractivity contribution in [2.75, 3.05) is 28.7 Å². The predicted octanol–water partition coefficient (Wildman–Crippen LogP) is 5.83. The van der Waals surface area contributed by atoms with Crippen LogP contribution < -0.4 is 15.6 Å². The van der Waals surface area contributed by atoms with Gasteiger partial charge in [-0.25, -0.2) is 5.43 Å². The summed E-state index contributed by atoms with van der Waals surface area (Å²) in [5.41, 5.74) is 6.84. The quantitative estimate of drug-likeness (QED) is 0.171. The number of nitrogens with one attached hydrogen (secondary N) is 2. The Labute approximate surface area is 227 Å². The average molecular weight is 683 g/mol. The van der Waals surface area contributed by atoms with Crippen LogP contribution in [0.3, 0.4) is 0 Å². The molecular weight excluding hydrogens is 656 g/mol. The summed E-state index contributed by atoms with van der Waals surface area (Å²) in [4.78, 5) is 16.1. The lowest BCUT2D eigenvalue weighted by Gasteiger charge is -2.30. The number of phenolic OH excluding ortho intramolecular Hbond substituents is 1. The van der Waals surface area contributed by atoms with E-state index in [4.69, 9.17) is 4.98 Å². The van der Waals surface area contributed by atoms with E-state index < -0.39 is 0 Å². The fourth-order valence-corrected chi connectivity index (χ4v) is 5.56. The van der Waals surface area contributed by atoms with Crippen molar-refractivity contribution in [1.29, 1.82) is 0 Å². The number of benzene rings is 2. The summed E-state index contributed by atoms with van der Waals surface area (Å²) < 4.78 is 1.79. The molecule has 3 N–H and O–H groups in total. The third kappa shape index (κ3) is 6.06. The molecule has 2 heterocycles. The zero-order chi connectivity index (χ0) is 24.2. The zero-order valence-corrected chi connectivity index (χ0v) is 23.6. The highest BCUT2D eigenvalue weighted by molar-refractivity contribution is 14.1. The topological polar surface area (TPSA) is 98.6 Å². The molecule has 0 aliphatic carbocycles. The summed E-state index contributed by atoms with van der Waals surface area (Å²) in [6.45, 7) is 8.25. The van der Waals surface area contributed by atoms with E-state index in [-0.39, 0.29) is 5.75 Å². The normalized spacial score (nSPS) is 14.6. The number of hydrogen-bond donors (Lipinski definition) is 3. The molecule has 0 saturated carbocycles. The fraction of sp³-hybridized carbons (Fsp3) is 0.333. The molecule has 1 aliphatic rings. The van der Waals surface area contributed by atoms with Gasteiger partial charge in [-0.1, -0.05) is 19.1 Å². The second kappa shape index (κ2) is 11.0. The number of anilines is 4. The summed E-state index contributed by atoms with van der Waals surface area (Å²) in [5, 5.41) is 18.0. The van der Waals surface area contributed by atoms with E-state index in [1.54, 1.807) is 6.21 Å². The van der Waals surface area contributed by atoms with E-state index in [1.807, 2.05) is 24.3 Å². The number of aromatic nitrogens is 3. The molecule has 0 spiro atoms. The number of hydrogen-bond acceptors (Lipinski definition) is 8. The van der Waals surface area contributed by atoms with Crippen LogP contribution in [0.25, 0.3) is 0 Å². The van der Waals surface area contributed by atoms with Gasteiger partial charge in [0.05, 0.1) is 9.78 Å². The Morgan fingerprint density at radius 2 is 1.82 bits per heavy atom. The van der Waals surface area contributed by atoms with Gasteiger partial charge in [0, 0.05) is 27.9 Å². The SMILES string of the molecule is Cc1cccc(Nc2nc(N/N=C\c3cc(I)cc(I)c3O)nc(N3CCC(C)CC3)n2)c1C. The summed E-state index contributed by atoms with van der Waals surface area (Å²) in [7, 11) is 0. The van der Waals surface area contributed by atoms with Gasteiger partial charge in [-0.15, -0.1) is 0 Å². The summed E-state index contributed by atoms with van der Waals surface area (Å²) in [5.74, 6) is 2.33. The monoisotopic (exact) mass is 683 g/mol. The number of piperidine rings is 1. The lowest BCUT2D eigenvalue weighted by Crippen LogP contribution is -2.34. The highest BCUT2D eigenvalue weighted by Gasteiger charge is 2.20. The molecule has 1 fully saturated rings. The Morgan fingerprint density at radius 1 is 1.09 bits per heavy atom. The Morgan fingerprint density at radius 3 is 2.59 bits per heavy atom. The molecule has 3 aromatic rings. The van der Waals surface area contributed by atoms with Crippen molar-refractivity contribution < 1.29 is 5.11 Å². The first kappa shape index (κ1) is 24.9. The van der Waals surface area contributed by atoms with Crippen molar-refractivity contribution in [3.05, 3.63) is 54.2 Å². The zero-order valence-electron chi connectivity index (χ0n) is 19.3. The Hall–Kier alpha value is -2.22. The number of nitrogens with zero attached hydrogens (tertiary/aromatic N) is 5. The minimum Gasteiger partial charge on any atom is -0.506 e. The lowest BCUT2D eigenvalue weighted by molar-refractivity contribution is 0.434. The minimum absolute atomic E-state index is 0.197. The van der Waals surface area contributed by atoms with E-state index in [2.05, 4.69) is 103 Å². The van der Waals surface area contributed by atoms with E-state index in [0.717, 1.165) is 44.3 Å². The highest BCUT2D eigenvalue weighted by Crippen LogP contribution is 2.27. The third-order valence-corrected chi connectivity index (χ3v) is 7.41. The first-order chi connectivity index (χ1) is 16.3. The molecular formula is C24H27I2N7O. The Bertz CT molecular complexity index is 1210. The van der Waals surface area contributed by atoms with Crippen molar-refractivity contribution in [2.45, 2.75) is 33.6 Å². The molecule has 8 nitrogen and oxygen atoms in total. The summed E-state index contributed by atoms with van der Waals surface area (Å²) in [6.07, 6.45) is 3.79. The highest BCUT2D eigenvalue weighted by atomic mass is 127. The number of rotatable bonds is 6. The minimum atomic E-state index is 0.197. The van der Waals surface area contributed by atoms with Crippen molar-refractivity contribution >= 4 is 74.9 Å². The number of hydrazone groups is 1. The number of phenols is 1. The molecule has 34 heavy (non-hydrogen) atoms. The van der Waals surface area contributed by atoms with Gasteiger partial charge < -0.3 is 15.3 Å². The first-order valence-corrected chi connectivity index (χ1v) is 13.3. The van der Waals surface area contributed by atoms with Gasteiger partial charge in [0.15, 0.2) is 0 Å². The van der Waals surface area contributed by atoms with Crippen LogP contribution in [0, 0.1) is 26.9 Å². The lowest BCUT2D eigenvalue weighted by atomic mass is 10.00. The van der Waals surface area contributed by atoms with Crippen LogP contribution in [-0.2, 0) is 0 Å². The fourth-order valence-electron chi connectivity index (χ4n) is 3.67. The summed E-state index contributed by atoms with van der Waals surface area (Å²) >= 11 is 4.32. The molecule has 0 amide bonds. The number of aromatic hydroxyl groups is 1. The molecule has 0 radical (unpaired) electrons. The van der Waals surface area contributed by atoms with E-state index in [0.29, 0.717) is 29.3 Å². The van der Waals surface area contributed by atoms with Gasteiger partial charge >= 0.3 is 0 Å². The van der Waals surface area contributed by atoms with Crippen LogP contribution in [-0.4, -0.2) is 39.4 Å². The van der Waals surface area contributed by atoms with Crippen LogP contribution in [0.1, 0.15) is 36.5 Å². The third-order valence-electron chi connectivity index (χ3n) is 5.97. The van der Waals surface area contributed by atoms with Gasteiger partial charge in [0.25, 0.3) is 0 Å². The first-order valence-electron chi connectivity index (χ1n) is 11.1. The summed E-state index contributed by atoms with van der Waals surface area (Å²) in [6, 6.07) is 9.88.